The number of hydrogen-bond acceptors (Lipinski definition) is 6. The highest BCUT2D eigenvalue weighted by Gasteiger charge is 2.24. The van der Waals surface area contributed by atoms with Gasteiger partial charge in [-0.3, -0.25) is 10.1 Å². The van der Waals surface area contributed by atoms with Gasteiger partial charge in [-0.05, 0) is 13.8 Å². The standard InChI is InChI=1S/C8H14O6/c1-3-12-7(9)5-6(14-11)8(10)13-4-2/h6,11H,3-5H2,1-2H3. The Morgan fingerprint density at radius 3 is 2.21 bits per heavy atom. The fourth-order valence-electron chi connectivity index (χ4n) is 0.770. The zero-order chi connectivity index (χ0) is 11.0. The number of rotatable bonds is 6. The predicted molar refractivity (Wildman–Crippen MR) is 45.4 cm³/mol. The molecule has 0 aromatic carbocycles. The first-order chi connectivity index (χ1) is 6.65. The highest BCUT2D eigenvalue weighted by atomic mass is 17.1. The average molecular weight is 206 g/mol. The molecule has 0 aliphatic carbocycles. The average Bonchev–Trinajstić information content (AvgIpc) is 2.15. The molecule has 0 rings (SSSR count). The lowest BCUT2D eigenvalue weighted by molar-refractivity contribution is -0.279. The van der Waals surface area contributed by atoms with E-state index in [0.29, 0.717) is 0 Å². The Hall–Kier alpha value is -1.14. The number of carbonyl (C=O) groups excluding carboxylic acids is 2. The second-order valence-electron chi connectivity index (χ2n) is 2.36. The van der Waals surface area contributed by atoms with E-state index in [2.05, 4.69) is 14.4 Å². The molecule has 14 heavy (non-hydrogen) atoms. The second kappa shape index (κ2) is 7.28. The Morgan fingerprint density at radius 2 is 1.79 bits per heavy atom. The summed E-state index contributed by atoms with van der Waals surface area (Å²) in [5.41, 5.74) is 0. The molecule has 1 atom stereocenters. The van der Waals surface area contributed by atoms with Gasteiger partial charge in [0, 0.05) is 0 Å². The molecule has 0 saturated carbocycles. The van der Waals surface area contributed by atoms with E-state index in [1.807, 2.05) is 0 Å². The van der Waals surface area contributed by atoms with Crippen LogP contribution in [0.3, 0.4) is 0 Å². The van der Waals surface area contributed by atoms with Crippen LogP contribution >= 0.6 is 0 Å². The summed E-state index contributed by atoms with van der Waals surface area (Å²) in [4.78, 5) is 25.7. The van der Waals surface area contributed by atoms with Crippen molar-refractivity contribution >= 4 is 11.9 Å². The SMILES string of the molecule is CCOC(=O)CC(OO)C(=O)OCC. The molecule has 0 amide bonds. The van der Waals surface area contributed by atoms with Crippen LogP contribution in [0.1, 0.15) is 20.3 Å². The van der Waals surface area contributed by atoms with Gasteiger partial charge in [0.2, 0.25) is 0 Å². The lowest BCUT2D eigenvalue weighted by Crippen LogP contribution is -2.29. The van der Waals surface area contributed by atoms with Gasteiger partial charge in [0.05, 0.1) is 19.6 Å². The van der Waals surface area contributed by atoms with Crippen LogP contribution in [-0.4, -0.2) is 36.5 Å². The summed E-state index contributed by atoms with van der Waals surface area (Å²) in [5, 5.41) is 8.33. The summed E-state index contributed by atoms with van der Waals surface area (Å²) in [6.07, 6.45) is -1.67. The van der Waals surface area contributed by atoms with Crippen molar-refractivity contribution in [3.63, 3.8) is 0 Å². The summed E-state index contributed by atoms with van der Waals surface area (Å²) in [5.74, 6) is -1.41. The zero-order valence-corrected chi connectivity index (χ0v) is 8.19. The number of ether oxygens (including phenoxy) is 2. The minimum atomic E-state index is -1.31. The maximum Gasteiger partial charge on any atom is 0.339 e. The molecule has 0 aliphatic heterocycles. The van der Waals surface area contributed by atoms with Gasteiger partial charge in [-0.1, -0.05) is 0 Å². The second-order valence-corrected chi connectivity index (χ2v) is 2.36. The lowest BCUT2D eigenvalue weighted by atomic mass is 10.2. The van der Waals surface area contributed by atoms with Crippen molar-refractivity contribution in [3.05, 3.63) is 0 Å². The van der Waals surface area contributed by atoms with E-state index in [-0.39, 0.29) is 19.6 Å². The normalized spacial score (nSPS) is 11.9. The van der Waals surface area contributed by atoms with Crippen molar-refractivity contribution in [3.8, 4) is 0 Å². The van der Waals surface area contributed by atoms with Crippen LogP contribution < -0.4 is 0 Å². The van der Waals surface area contributed by atoms with Crippen LogP contribution in [0.15, 0.2) is 0 Å². The first-order valence-electron chi connectivity index (χ1n) is 4.28. The number of esters is 2. The van der Waals surface area contributed by atoms with Gasteiger partial charge in [-0.25, -0.2) is 9.68 Å². The van der Waals surface area contributed by atoms with Gasteiger partial charge < -0.3 is 9.47 Å². The molecule has 0 radical (unpaired) electrons. The third-order valence-corrected chi connectivity index (χ3v) is 1.33. The largest absolute Gasteiger partial charge is 0.466 e. The summed E-state index contributed by atoms with van der Waals surface area (Å²) < 4.78 is 9.11. The van der Waals surface area contributed by atoms with Crippen LogP contribution in [-0.2, 0) is 24.0 Å². The Morgan fingerprint density at radius 1 is 1.21 bits per heavy atom. The first-order valence-corrected chi connectivity index (χ1v) is 4.28. The van der Waals surface area contributed by atoms with Crippen LogP contribution in [0.25, 0.3) is 0 Å². The van der Waals surface area contributed by atoms with E-state index in [1.165, 1.54) is 0 Å². The van der Waals surface area contributed by atoms with E-state index >= 15 is 0 Å². The highest BCUT2D eigenvalue weighted by molar-refractivity contribution is 5.81. The minimum Gasteiger partial charge on any atom is -0.466 e. The third-order valence-electron chi connectivity index (χ3n) is 1.33. The maximum absolute atomic E-state index is 11.0. The quantitative estimate of drug-likeness (QED) is 0.384. The van der Waals surface area contributed by atoms with Gasteiger partial charge in [-0.2, -0.15) is 0 Å². The van der Waals surface area contributed by atoms with E-state index in [9.17, 15) is 9.59 Å². The molecule has 82 valence electrons. The van der Waals surface area contributed by atoms with E-state index in [0.717, 1.165) is 0 Å². The number of carbonyl (C=O) groups is 2. The molecule has 0 aromatic rings. The molecule has 6 heteroatoms. The molecule has 0 heterocycles. The van der Waals surface area contributed by atoms with Crippen molar-refractivity contribution in [2.75, 3.05) is 13.2 Å². The fourth-order valence-corrected chi connectivity index (χ4v) is 0.770. The molecular formula is C8H14O6. The molecular weight excluding hydrogens is 192 g/mol. The molecule has 1 unspecified atom stereocenters. The Labute approximate surface area is 81.7 Å². The number of hydrogen-bond donors (Lipinski definition) is 1. The third kappa shape index (κ3) is 4.78. The molecule has 0 fully saturated rings. The van der Waals surface area contributed by atoms with E-state index < -0.39 is 18.0 Å². The summed E-state index contributed by atoms with van der Waals surface area (Å²) in [7, 11) is 0. The van der Waals surface area contributed by atoms with Gasteiger partial charge in [0.15, 0.2) is 6.10 Å². The fraction of sp³-hybridized carbons (Fsp3) is 0.750. The lowest BCUT2D eigenvalue weighted by Gasteiger charge is -2.10. The van der Waals surface area contributed by atoms with E-state index in [4.69, 9.17) is 5.26 Å². The predicted octanol–water partition coefficient (Wildman–Crippen LogP) is 0.361. The molecule has 0 spiro atoms. The monoisotopic (exact) mass is 206 g/mol. The Bertz CT molecular complexity index is 190. The maximum atomic E-state index is 11.0. The van der Waals surface area contributed by atoms with Crippen LogP contribution in [0, 0.1) is 0 Å². The Kier molecular flexibility index (Phi) is 6.69. The minimum absolute atomic E-state index is 0.154. The summed E-state index contributed by atoms with van der Waals surface area (Å²) in [6.45, 7) is 3.61. The van der Waals surface area contributed by atoms with Gasteiger partial charge in [0.25, 0.3) is 0 Å². The smallest absolute Gasteiger partial charge is 0.339 e. The zero-order valence-electron chi connectivity index (χ0n) is 8.19. The van der Waals surface area contributed by atoms with Crippen molar-refractivity contribution in [1.29, 1.82) is 0 Å². The first kappa shape index (κ1) is 12.9. The molecule has 0 aromatic heterocycles. The molecule has 6 nitrogen and oxygen atoms in total. The summed E-state index contributed by atoms with van der Waals surface area (Å²) in [6, 6.07) is 0. The topological polar surface area (TPSA) is 82.1 Å². The van der Waals surface area contributed by atoms with E-state index in [1.54, 1.807) is 13.8 Å². The van der Waals surface area contributed by atoms with Crippen molar-refractivity contribution in [2.24, 2.45) is 0 Å². The van der Waals surface area contributed by atoms with Crippen molar-refractivity contribution < 1.29 is 29.2 Å². The van der Waals surface area contributed by atoms with Gasteiger partial charge in [0.1, 0.15) is 0 Å². The molecule has 0 bridgehead atoms. The van der Waals surface area contributed by atoms with Crippen LogP contribution in [0.4, 0.5) is 0 Å². The van der Waals surface area contributed by atoms with Gasteiger partial charge in [-0.15, -0.1) is 0 Å². The van der Waals surface area contributed by atoms with Crippen molar-refractivity contribution in [1.82, 2.24) is 0 Å². The van der Waals surface area contributed by atoms with Gasteiger partial charge >= 0.3 is 11.9 Å². The molecule has 0 aliphatic rings. The molecule has 1 N–H and O–H groups in total. The van der Waals surface area contributed by atoms with Crippen LogP contribution in [0.5, 0.6) is 0 Å². The summed E-state index contributed by atoms with van der Waals surface area (Å²) >= 11 is 0. The molecule has 0 saturated heterocycles. The Balaban J connectivity index is 4.01. The highest BCUT2D eigenvalue weighted by Crippen LogP contribution is 2.02. The van der Waals surface area contributed by atoms with Crippen LogP contribution in [0.2, 0.25) is 0 Å². The van der Waals surface area contributed by atoms with Crippen molar-refractivity contribution in [2.45, 2.75) is 26.4 Å².